The van der Waals surface area contributed by atoms with Gasteiger partial charge in [0.1, 0.15) is 12.3 Å². The van der Waals surface area contributed by atoms with E-state index in [1.165, 1.54) is 0 Å². The van der Waals surface area contributed by atoms with Crippen molar-refractivity contribution in [2.45, 2.75) is 33.3 Å². The van der Waals surface area contributed by atoms with Gasteiger partial charge in [-0.15, -0.1) is 0 Å². The first-order valence-electron chi connectivity index (χ1n) is 5.94. The van der Waals surface area contributed by atoms with Crippen LogP contribution in [-0.2, 0) is 9.53 Å². The van der Waals surface area contributed by atoms with Crippen LogP contribution in [0.2, 0.25) is 0 Å². The average Bonchev–Trinajstić information content (AvgIpc) is 2.29. The van der Waals surface area contributed by atoms with Crippen LogP contribution < -0.4 is 10.1 Å². The molecule has 0 bridgehead atoms. The molecule has 1 rings (SSSR count). The van der Waals surface area contributed by atoms with E-state index in [0.29, 0.717) is 18.2 Å². The number of anilines is 1. The smallest absolute Gasteiger partial charge is 0.250 e. The number of nitrogens with zero attached hydrogens (tertiary/aromatic N) is 1. The van der Waals surface area contributed by atoms with Gasteiger partial charge in [-0.1, -0.05) is 0 Å². The third kappa shape index (κ3) is 5.14. The number of ether oxygens (including phenoxy) is 2. The van der Waals surface area contributed by atoms with Gasteiger partial charge in [-0.3, -0.25) is 4.79 Å². The molecule has 0 aliphatic rings. The SMILES string of the molecule is CCOc1ncccc1NC(=O)COC(C)(C)C. The Balaban J connectivity index is 2.59. The van der Waals surface area contributed by atoms with Gasteiger partial charge >= 0.3 is 0 Å². The number of carbonyl (C=O) groups excluding carboxylic acids is 1. The maximum Gasteiger partial charge on any atom is 0.250 e. The molecular weight excluding hydrogens is 232 g/mol. The fourth-order valence-electron chi connectivity index (χ4n) is 1.21. The molecule has 0 fully saturated rings. The van der Waals surface area contributed by atoms with Gasteiger partial charge in [0, 0.05) is 6.20 Å². The van der Waals surface area contributed by atoms with E-state index in [1.54, 1.807) is 18.3 Å². The fourth-order valence-corrected chi connectivity index (χ4v) is 1.21. The molecule has 0 saturated heterocycles. The number of nitrogens with one attached hydrogen (secondary N) is 1. The van der Waals surface area contributed by atoms with Gasteiger partial charge in [-0.2, -0.15) is 0 Å². The number of hydrogen-bond acceptors (Lipinski definition) is 4. The van der Waals surface area contributed by atoms with Gasteiger partial charge in [0.25, 0.3) is 5.91 Å². The first-order valence-corrected chi connectivity index (χ1v) is 5.94. The van der Waals surface area contributed by atoms with Crippen molar-refractivity contribution in [1.82, 2.24) is 4.98 Å². The van der Waals surface area contributed by atoms with E-state index in [-0.39, 0.29) is 18.1 Å². The molecule has 1 amide bonds. The second-order valence-corrected chi connectivity index (χ2v) is 4.74. The lowest BCUT2D eigenvalue weighted by molar-refractivity contribution is -0.125. The summed E-state index contributed by atoms with van der Waals surface area (Å²) in [6.07, 6.45) is 1.62. The number of amides is 1. The summed E-state index contributed by atoms with van der Waals surface area (Å²) in [7, 11) is 0. The van der Waals surface area contributed by atoms with Gasteiger partial charge in [-0.05, 0) is 39.8 Å². The quantitative estimate of drug-likeness (QED) is 0.873. The molecular formula is C13H20N2O3. The largest absolute Gasteiger partial charge is 0.476 e. The second kappa shape index (κ2) is 6.35. The Morgan fingerprint density at radius 3 is 2.78 bits per heavy atom. The molecule has 0 aliphatic carbocycles. The monoisotopic (exact) mass is 252 g/mol. The van der Waals surface area contributed by atoms with Crippen molar-refractivity contribution >= 4 is 11.6 Å². The van der Waals surface area contributed by atoms with Crippen LogP contribution in [0.15, 0.2) is 18.3 Å². The zero-order chi connectivity index (χ0) is 13.6. The van der Waals surface area contributed by atoms with Crippen molar-refractivity contribution in [2.75, 3.05) is 18.5 Å². The molecule has 5 nitrogen and oxygen atoms in total. The van der Waals surface area contributed by atoms with E-state index in [0.717, 1.165) is 0 Å². The molecule has 100 valence electrons. The summed E-state index contributed by atoms with van der Waals surface area (Å²) in [5, 5.41) is 2.72. The summed E-state index contributed by atoms with van der Waals surface area (Å²) in [6, 6.07) is 3.48. The minimum absolute atomic E-state index is 0.00393. The molecule has 0 atom stereocenters. The van der Waals surface area contributed by atoms with Crippen molar-refractivity contribution in [3.8, 4) is 5.88 Å². The number of aromatic nitrogens is 1. The van der Waals surface area contributed by atoms with Crippen LogP contribution in [-0.4, -0.2) is 29.7 Å². The zero-order valence-electron chi connectivity index (χ0n) is 11.3. The normalized spacial score (nSPS) is 11.1. The highest BCUT2D eigenvalue weighted by atomic mass is 16.5. The van der Waals surface area contributed by atoms with Gasteiger partial charge in [0.15, 0.2) is 0 Å². The van der Waals surface area contributed by atoms with Gasteiger partial charge in [0.05, 0.1) is 12.2 Å². The van der Waals surface area contributed by atoms with E-state index < -0.39 is 0 Å². The highest BCUT2D eigenvalue weighted by Gasteiger charge is 2.14. The van der Waals surface area contributed by atoms with Crippen LogP contribution in [0.4, 0.5) is 5.69 Å². The summed E-state index contributed by atoms with van der Waals surface area (Å²) < 4.78 is 10.7. The van der Waals surface area contributed by atoms with E-state index >= 15 is 0 Å². The van der Waals surface area contributed by atoms with Crippen LogP contribution in [0.3, 0.4) is 0 Å². The Morgan fingerprint density at radius 1 is 1.44 bits per heavy atom. The van der Waals surface area contributed by atoms with Crippen molar-refractivity contribution in [3.05, 3.63) is 18.3 Å². The minimum atomic E-state index is -0.338. The standard InChI is InChI=1S/C13H20N2O3/c1-5-17-12-10(7-6-8-14-12)15-11(16)9-18-13(2,3)4/h6-8H,5,9H2,1-4H3,(H,15,16). The zero-order valence-corrected chi connectivity index (χ0v) is 11.3. The summed E-state index contributed by atoms with van der Waals surface area (Å²) in [5.41, 5.74) is 0.219. The number of carbonyl (C=O) groups is 1. The number of pyridine rings is 1. The van der Waals surface area contributed by atoms with Crippen LogP contribution in [0.25, 0.3) is 0 Å². The van der Waals surface area contributed by atoms with Crippen molar-refractivity contribution < 1.29 is 14.3 Å². The predicted molar refractivity (Wildman–Crippen MR) is 69.7 cm³/mol. The Morgan fingerprint density at radius 2 is 2.17 bits per heavy atom. The molecule has 0 saturated carbocycles. The molecule has 0 unspecified atom stereocenters. The third-order valence-corrected chi connectivity index (χ3v) is 1.96. The second-order valence-electron chi connectivity index (χ2n) is 4.74. The Labute approximate surface area is 108 Å². The van der Waals surface area contributed by atoms with Crippen molar-refractivity contribution in [3.63, 3.8) is 0 Å². The van der Waals surface area contributed by atoms with Crippen LogP contribution in [0.1, 0.15) is 27.7 Å². The molecule has 1 aromatic rings. The minimum Gasteiger partial charge on any atom is -0.476 e. The van der Waals surface area contributed by atoms with E-state index in [1.807, 2.05) is 27.7 Å². The maximum atomic E-state index is 11.7. The van der Waals surface area contributed by atoms with Crippen LogP contribution in [0.5, 0.6) is 5.88 Å². The lowest BCUT2D eigenvalue weighted by Gasteiger charge is -2.19. The number of rotatable bonds is 5. The summed E-state index contributed by atoms with van der Waals surface area (Å²) in [6.45, 7) is 8.06. The van der Waals surface area contributed by atoms with E-state index in [2.05, 4.69) is 10.3 Å². The van der Waals surface area contributed by atoms with E-state index in [4.69, 9.17) is 9.47 Å². The molecule has 0 radical (unpaired) electrons. The topological polar surface area (TPSA) is 60.5 Å². The maximum absolute atomic E-state index is 11.7. The first kappa shape index (κ1) is 14.4. The fraction of sp³-hybridized carbons (Fsp3) is 0.538. The van der Waals surface area contributed by atoms with Crippen molar-refractivity contribution in [1.29, 1.82) is 0 Å². The Bertz CT molecular complexity index is 399. The first-order chi connectivity index (χ1) is 8.42. The summed E-state index contributed by atoms with van der Waals surface area (Å²) >= 11 is 0. The highest BCUT2D eigenvalue weighted by Crippen LogP contribution is 2.20. The van der Waals surface area contributed by atoms with Gasteiger partial charge in [0.2, 0.25) is 5.88 Å². The number of hydrogen-bond donors (Lipinski definition) is 1. The van der Waals surface area contributed by atoms with Gasteiger partial charge < -0.3 is 14.8 Å². The molecule has 18 heavy (non-hydrogen) atoms. The predicted octanol–water partition coefficient (Wildman–Crippen LogP) is 2.23. The van der Waals surface area contributed by atoms with Crippen LogP contribution >= 0.6 is 0 Å². The lowest BCUT2D eigenvalue weighted by atomic mass is 10.2. The summed E-state index contributed by atoms with van der Waals surface area (Å²) in [4.78, 5) is 15.7. The molecule has 1 N–H and O–H groups in total. The van der Waals surface area contributed by atoms with Gasteiger partial charge in [-0.25, -0.2) is 4.98 Å². The third-order valence-electron chi connectivity index (χ3n) is 1.96. The Kier molecular flexibility index (Phi) is 5.09. The lowest BCUT2D eigenvalue weighted by Crippen LogP contribution is -2.27. The molecule has 0 spiro atoms. The molecule has 0 aromatic carbocycles. The highest BCUT2D eigenvalue weighted by molar-refractivity contribution is 5.92. The Hall–Kier alpha value is -1.62. The molecule has 1 heterocycles. The van der Waals surface area contributed by atoms with E-state index in [9.17, 15) is 4.79 Å². The van der Waals surface area contributed by atoms with Crippen molar-refractivity contribution in [2.24, 2.45) is 0 Å². The van der Waals surface area contributed by atoms with Crippen LogP contribution in [0, 0.1) is 0 Å². The average molecular weight is 252 g/mol. The molecule has 0 aliphatic heterocycles. The summed E-state index contributed by atoms with van der Waals surface area (Å²) in [5.74, 6) is 0.197. The molecule has 1 aromatic heterocycles. The molecule has 5 heteroatoms.